The number of hydrogen-bond donors (Lipinski definition) is 0. The maximum absolute atomic E-state index is 11.8. The molecule has 1 heterocycles. The zero-order valence-electron chi connectivity index (χ0n) is 9.39. The number of halogens is 1. The molecule has 0 aromatic heterocycles. The second-order valence-corrected chi connectivity index (χ2v) is 5.04. The topological polar surface area (TPSA) is 61.2 Å². The highest BCUT2D eigenvalue weighted by atomic mass is 35.5. The summed E-state index contributed by atoms with van der Waals surface area (Å²) < 4.78 is 0. The lowest BCUT2D eigenvalue weighted by atomic mass is 10.1. The summed E-state index contributed by atoms with van der Waals surface area (Å²) in [5, 5.41) is 9.15. The Balaban J connectivity index is 1.83. The van der Waals surface area contributed by atoms with Gasteiger partial charge in [-0.25, -0.2) is 0 Å². The molecule has 2 unspecified atom stereocenters. The van der Waals surface area contributed by atoms with Gasteiger partial charge in [0.1, 0.15) is 0 Å². The van der Waals surface area contributed by atoms with Gasteiger partial charge in [0, 0.05) is 5.02 Å². The number of rotatable bonds is 2. The lowest BCUT2D eigenvalue weighted by Crippen LogP contribution is -2.32. The maximum Gasteiger partial charge on any atom is 0.233 e. The second kappa shape index (κ2) is 3.82. The summed E-state index contributed by atoms with van der Waals surface area (Å²) >= 11 is 6.03. The summed E-state index contributed by atoms with van der Waals surface area (Å²) in [5.41, 5.74) is 1.16. The Hall–Kier alpha value is -1.86. The van der Waals surface area contributed by atoms with Gasteiger partial charge in [0.25, 0.3) is 0 Å². The van der Waals surface area contributed by atoms with E-state index in [1.807, 2.05) is 6.07 Å². The van der Waals surface area contributed by atoms with Crippen molar-refractivity contribution in [1.29, 1.82) is 5.26 Å². The molecule has 2 aliphatic rings. The van der Waals surface area contributed by atoms with E-state index in [1.54, 1.807) is 18.2 Å². The Morgan fingerprint density at radius 3 is 2.56 bits per heavy atom. The van der Waals surface area contributed by atoms with Crippen molar-refractivity contribution in [2.45, 2.75) is 13.0 Å². The third kappa shape index (κ3) is 1.59. The molecule has 5 heteroatoms. The van der Waals surface area contributed by atoms with Gasteiger partial charge >= 0.3 is 0 Å². The van der Waals surface area contributed by atoms with Gasteiger partial charge in [-0.1, -0.05) is 17.7 Å². The van der Waals surface area contributed by atoms with Crippen LogP contribution in [0.5, 0.6) is 0 Å². The number of benzene rings is 1. The number of piperidine rings is 1. The molecule has 0 N–H and O–H groups in total. The molecule has 2 amide bonds. The van der Waals surface area contributed by atoms with Crippen LogP contribution >= 0.6 is 11.6 Å². The van der Waals surface area contributed by atoms with E-state index in [-0.39, 0.29) is 30.2 Å². The van der Waals surface area contributed by atoms with Crippen molar-refractivity contribution in [1.82, 2.24) is 4.90 Å². The molecule has 3 rings (SSSR count). The van der Waals surface area contributed by atoms with Gasteiger partial charge in [-0.15, -0.1) is 0 Å². The van der Waals surface area contributed by atoms with E-state index in [0.29, 0.717) is 22.6 Å². The highest BCUT2D eigenvalue weighted by Crippen LogP contribution is 2.47. The first kappa shape index (κ1) is 11.2. The maximum atomic E-state index is 11.8. The number of imide groups is 1. The van der Waals surface area contributed by atoms with Gasteiger partial charge in [-0.05, 0) is 24.1 Å². The summed E-state index contributed by atoms with van der Waals surface area (Å²) in [6.45, 7) is 0.204. The van der Waals surface area contributed by atoms with Crippen LogP contribution in [0.2, 0.25) is 5.02 Å². The van der Waals surface area contributed by atoms with Crippen molar-refractivity contribution in [3.8, 4) is 6.07 Å². The standard InChI is InChI=1S/C13H9ClN2O2/c14-11-3-7(5-15)1-2-8(11)6-16-12(17)9-4-10(9)13(16)18/h1-3,9-10H,4,6H2. The number of fused-ring (bicyclic) bond motifs is 1. The van der Waals surface area contributed by atoms with E-state index in [4.69, 9.17) is 16.9 Å². The van der Waals surface area contributed by atoms with Crippen molar-refractivity contribution in [2.75, 3.05) is 0 Å². The lowest BCUT2D eigenvalue weighted by molar-refractivity contribution is -0.142. The van der Waals surface area contributed by atoms with Crippen molar-refractivity contribution >= 4 is 23.4 Å². The third-order valence-electron chi connectivity index (χ3n) is 3.47. The van der Waals surface area contributed by atoms with Crippen LogP contribution in [0.25, 0.3) is 0 Å². The predicted octanol–water partition coefficient (Wildman–Crippen LogP) is 1.72. The van der Waals surface area contributed by atoms with Gasteiger partial charge in [0.05, 0.1) is 30.0 Å². The van der Waals surface area contributed by atoms with Gasteiger partial charge in [0.2, 0.25) is 11.8 Å². The highest BCUT2D eigenvalue weighted by Gasteiger charge is 2.58. The van der Waals surface area contributed by atoms with Gasteiger partial charge in [-0.3, -0.25) is 14.5 Å². The van der Waals surface area contributed by atoms with Crippen LogP contribution in [0, 0.1) is 23.2 Å². The number of carbonyl (C=O) groups excluding carboxylic acids is 2. The fraction of sp³-hybridized carbons (Fsp3) is 0.308. The smallest absolute Gasteiger partial charge is 0.233 e. The molecule has 0 bridgehead atoms. The molecule has 1 aliphatic heterocycles. The molecule has 1 aromatic carbocycles. The van der Waals surface area contributed by atoms with E-state index in [9.17, 15) is 9.59 Å². The molecule has 4 nitrogen and oxygen atoms in total. The number of likely N-dealkylation sites (tertiary alicyclic amines) is 1. The minimum atomic E-state index is -0.0922. The number of nitriles is 1. The summed E-state index contributed by atoms with van der Waals surface area (Å²) in [5.74, 6) is -0.361. The van der Waals surface area contributed by atoms with E-state index in [2.05, 4.69) is 0 Å². The van der Waals surface area contributed by atoms with Crippen LogP contribution in [0.15, 0.2) is 18.2 Å². The van der Waals surface area contributed by atoms with Crippen LogP contribution in [0.4, 0.5) is 0 Å². The molecule has 0 spiro atoms. The Morgan fingerprint density at radius 2 is 2.00 bits per heavy atom. The van der Waals surface area contributed by atoms with Gasteiger partial charge in [0.15, 0.2) is 0 Å². The van der Waals surface area contributed by atoms with Crippen molar-refractivity contribution in [3.63, 3.8) is 0 Å². The van der Waals surface area contributed by atoms with Gasteiger partial charge < -0.3 is 0 Å². The fourth-order valence-electron chi connectivity index (χ4n) is 2.32. The van der Waals surface area contributed by atoms with E-state index < -0.39 is 0 Å². The Morgan fingerprint density at radius 1 is 1.33 bits per heavy atom. The number of carbonyl (C=O) groups is 2. The average Bonchev–Trinajstić information content (AvgIpc) is 3.11. The minimum absolute atomic E-state index is 0.0883. The zero-order valence-corrected chi connectivity index (χ0v) is 10.1. The molecule has 18 heavy (non-hydrogen) atoms. The van der Waals surface area contributed by atoms with E-state index in [1.165, 1.54) is 4.90 Å². The third-order valence-corrected chi connectivity index (χ3v) is 3.82. The molecular weight excluding hydrogens is 252 g/mol. The average molecular weight is 261 g/mol. The summed E-state index contributed by atoms with van der Waals surface area (Å²) in [7, 11) is 0. The monoisotopic (exact) mass is 260 g/mol. The molecule has 1 aromatic rings. The zero-order chi connectivity index (χ0) is 12.9. The highest BCUT2D eigenvalue weighted by molar-refractivity contribution is 6.31. The van der Waals surface area contributed by atoms with E-state index in [0.717, 1.165) is 0 Å². The first-order chi connectivity index (χ1) is 8.61. The number of nitrogens with zero attached hydrogens (tertiary/aromatic N) is 2. The SMILES string of the molecule is N#Cc1ccc(CN2C(=O)C3CC3C2=O)c(Cl)c1. The molecule has 0 radical (unpaired) electrons. The molecule has 1 saturated heterocycles. The second-order valence-electron chi connectivity index (χ2n) is 4.63. The molecule has 1 aliphatic carbocycles. The Labute approximate surface area is 109 Å². The quantitative estimate of drug-likeness (QED) is 0.761. The molecule has 1 saturated carbocycles. The van der Waals surface area contributed by atoms with Crippen LogP contribution < -0.4 is 0 Å². The van der Waals surface area contributed by atoms with Crippen LogP contribution in [-0.2, 0) is 16.1 Å². The molecule has 2 fully saturated rings. The van der Waals surface area contributed by atoms with Gasteiger partial charge in [-0.2, -0.15) is 5.26 Å². The first-order valence-corrected chi connectivity index (χ1v) is 6.03. The molecular formula is C13H9ClN2O2. The number of hydrogen-bond acceptors (Lipinski definition) is 3. The van der Waals surface area contributed by atoms with Crippen LogP contribution in [0.1, 0.15) is 17.5 Å². The predicted molar refractivity (Wildman–Crippen MR) is 63.3 cm³/mol. The van der Waals surface area contributed by atoms with Crippen LogP contribution in [0.3, 0.4) is 0 Å². The molecule has 2 atom stereocenters. The molecule has 90 valence electrons. The van der Waals surface area contributed by atoms with Crippen LogP contribution in [-0.4, -0.2) is 16.7 Å². The normalized spacial score (nSPS) is 25.0. The first-order valence-electron chi connectivity index (χ1n) is 5.65. The van der Waals surface area contributed by atoms with E-state index >= 15 is 0 Å². The van der Waals surface area contributed by atoms with Crippen molar-refractivity contribution in [3.05, 3.63) is 34.3 Å². The number of amides is 2. The fourth-order valence-corrected chi connectivity index (χ4v) is 2.56. The lowest BCUT2D eigenvalue weighted by Gasteiger charge is -2.17. The summed E-state index contributed by atoms with van der Waals surface area (Å²) in [4.78, 5) is 24.9. The largest absolute Gasteiger partial charge is 0.278 e. The summed E-state index contributed by atoms with van der Waals surface area (Å²) in [6.07, 6.45) is 0.704. The Bertz CT molecular complexity index is 585. The van der Waals surface area contributed by atoms with Crippen molar-refractivity contribution in [2.24, 2.45) is 11.8 Å². The van der Waals surface area contributed by atoms with Crippen molar-refractivity contribution < 1.29 is 9.59 Å². The summed E-state index contributed by atoms with van der Waals surface area (Å²) in [6, 6.07) is 6.85. The minimum Gasteiger partial charge on any atom is -0.278 e. The Kier molecular flexibility index (Phi) is 2.39.